The number of furan rings is 1. The number of nitrogens with one attached hydrogen (secondary N) is 1. The van der Waals surface area contributed by atoms with Crippen LogP contribution in [0.4, 0.5) is 5.69 Å². The molecule has 0 spiro atoms. The van der Waals surface area contributed by atoms with E-state index >= 15 is 0 Å². The first-order chi connectivity index (χ1) is 11.9. The van der Waals surface area contributed by atoms with Gasteiger partial charge in [-0.3, -0.25) is 0 Å². The molecule has 1 aliphatic carbocycles. The molecule has 1 fully saturated rings. The Balaban J connectivity index is 1.61. The number of nitriles is 1. The lowest BCUT2D eigenvalue weighted by Gasteiger charge is -2.48. The fourth-order valence-electron chi connectivity index (χ4n) is 4.07. The predicted molar refractivity (Wildman–Crippen MR) is 102 cm³/mol. The van der Waals surface area contributed by atoms with Gasteiger partial charge in [0.2, 0.25) is 0 Å². The first kappa shape index (κ1) is 17.6. The SMILES string of the molecule is CC(C)(C)C1(CC#N)CCC(Nc2ccc(-c3ccco3)cc2)CC1. The lowest BCUT2D eigenvalue weighted by atomic mass is 9.57. The van der Waals surface area contributed by atoms with Gasteiger partial charge in [0, 0.05) is 23.7 Å². The monoisotopic (exact) mass is 336 g/mol. The summed E-state index contributed by atoms with van der Waals surface area (Å²) >= 11 is 0. The van der Waals surface area contributed by atoms with Gasteiger partial charge < -0.3 is 9.73 Å². The van der Waals surface area contributed by atoms with Crippen molar-refractivity contribution in [1.29, 1.82) is 5.26 Å². The van der Waals surface area contributed by atoms with Crippen molar-refractivity contribution in [2.75, 3.05) is 5.32 Å². The van der Waals surface area contributed by atoms with Gasteiger partial charge in [0.25, 0.3) is 0 Å². The Bertz CT molecular complexity index is 709. The summed E-state index contributed by atoms with van der Waals surface area (Å²) < 4.78 is 5.44. The molecule has 0 radical (unpaired) electrons. The van der Waals surface area contributed by atoms with E-state index in [2.05, 4.69) is 56.4 Å². The van der Waals surface area contributed by atoms with E-state index < -0.39 is 0 Å². The molecule has 3 rings (SSSR count). The smallest absolute Gasteiger partial charge is 0.133 e. The summed E-state index contributed by atoms with van der Waals surface area (Å²) in [5, 5.41) is 13.0. The number of hydrogen-bond donors (Lipinski definition) is 1. The molecule has 0 unspecified atom stereocenters. The highest BCUT2D eigenvalue weighted by Gasteiger charge is 2.44. The van der Waals surface area contributed by atoms with Crippen LogP contribution in [-0.2, 0) is 0 Å². The van der Waals surface area contributed by atoms with Crippen LogP contribution in [0.3, 0.4) is 0 Å². The molecule has 3 nitrogen and oxygen atoms in total. The van der Waals surface area contributed by atoms with Crippen LogP contribution in [0, 0.1) is 22.2 Å². The Kier molecular flexibility index (Phi) is 4.90. The third-order valence-electron chi connectivity index (χ3n) is 6.01. The molecule has 132 valence electrons. The molecule has 1 aromatic heterocycles. The Morgan fingerprint density at radius 1 is 1.16 bits per heavy atom. The van der Waals surface area contributed by atoms with Gasteiger partial charge in [-0.05, 0) is 72.9 Å². The topological polar surface area (TPSA) is 49.0 Å². The lowest BCUT2D eigenvalue weighted by molar-refractivity contribution is 0.0405. The molecule has 0 bridgehead atoms. The highest BCUT2D eigenvalue weighted by molar-refractivity contribution is 5.61. The van der Waals surface area contributed by atoms with E-state index in [9.17, 15) is 5.26 Å². The molecule has 0 atom stereocenters. The number of rotatable bonds is 4. The largest absolute Gasteiger partial charge is 0.464 e. The maximum Gasteiger partial charge on any atom is 0.133 e. The summed E-state index contributed by atoms with van der Waals surface area (Å²) in [6, 6.07) is 15.3. The summed E-state index contributed by atoms with van der Waals surface area (Å²) in [4.78, 5) is 0. The molecule has 1 heterocycles. The predicted octanol–water partition coefficient (Wildman–Crippen LogP) is 6.25. The van der Waals surface area contributed by atoms with Crippen molar-refractivity contribution in [3.05, 3.63) is 42.7 Å². The van der Waals surface area contributed by atoms with Crippen LogP contribution in [-0.4, -0.2) is 6.04 Å². The minimum atomic E-state index is 0.156. The lowest BCUT2D eigenvalue weighted by Crippen LogP contribution is -2.41. The van der Waals surface area contributed by atoms with Gasteiger partial charge in [-0.25, -0.2) is 0 Å². The maximum atomic E-state index is 9.28. The first-order valence-electron chi connectivity index (χ1n) is 9.21. The van der Waals surface area contributed by atoms with Crippen LogP contribution >= 0.6 is 0 Å². The van der Waals surface area contributed by atoms with E-state index in [0.29, 0.717) is 12.5 Å². The van der Waals surface area contributed by atoms with E-state index in [1.165, 1.54) is 0 Å². The fourth-order valence-corrected chi connectivity index (χ4v) is 4.07. The van der Waals surface area contributed by atoms with E-state index in [0.717, 1.165) is 42.7 Å². The Morgan fingerprint density at radius 2 is 1.84 bits per heavy atom. The molecule has 1 aromatic carbocycles. The molecular weight excluding hydrogens is 308 g/mol. The number of benzene rings is 1. The van der Waals surface area contributed by atoms with Crippen molar-refractivity contribution in [1.82, 2.24) is 0 Å². The molecule has 1 saturated carbocycles. The number of hydrogen-bond acceptors (Lipinski definition) is 3. The van der Waals surface area contributed by atoms with Crippen molar-refractivity contribution in [2.45, 2.75) is 58.9 Å². The standard InChI is InChI=1S/C22H28N2O/c1-21(2,3)22(14-15-23)12-10-19(11-13-22)24-18-8-6-17(7-9-18)20-5-4-16-25-20/h4-9,16,19,24H,10-14H2,1-3H3. The van der Waals surface area contributed by atoms with Crippen LogP contribution in [0.25, 0.3) is 11.3 Å². The molecule has 2 aromatic rings. The minimum Gasteiger partial charge on any atom is -0.464 e. The van der Waals surface area contributed by atoms with Crippen molar-refractivity contribution in [2.24, 2.45) is 10.8 Å². The Morgan fingerprint density at radius 3 is 2.36 bits per heavy atom. The zero-order chi connectivity index (χ0) is 17.9. The Hall–Kier alpha value is -2.21. The normalized spacial score (nSPS) is 23.8. The molecule has 0 aliphatic heterocycles. The zero-order valence-electron chi connectivity index (χ0n) is 15.5. The number of nitrogens with zero attached hydrogens (tertiary/aromatic N) is 1. The van der Waals surface area contributed by atoms with Gasteiger partial charge in [0.1, 0.15) is 5.76 Å². The van der Waals surface area contributed by atoms with Crippen LogP contribution in [0.15, 0.2) is 47.1 Å². The second-order valence-electron chi connectivity index (χ2n) is 8.34. The number of anilines is 1. The molecule has 0 amide bonds. The van der Waals surface area contributed by atoms with Crippen molar-refractivity contribution in [3.8, 4) is 17.4 Å². The van der Waals surface area contributed by atoms with Crippen LogP contribution in [0.2, 0.25) is 0 Å². The highest BCUT2D eigenvalue weighted by Crippen LogP contribution is 2.52. The second-order valence-corrected chi connectivity index (χ2v) is 8.34. The summed E-state index contributed by atoms with van der Waals surface area (Å²) in [6.45, 7) is 6.85. The molecule has 0 saturated heterocycles. The summed E-state index contributed by atoms with van der Waals surface area (Å²) in [6.07, 6.45) is 6.85. The molecular formula is C22H28N2O. The van der Waals surface area contributed by atoms with Gasteiger partial charge in [0.15, 0.2) is 0 Å². The average molecular weight is 336 g/mol. The molecule has 3 heteroatoms. The minimum absolute atomic E-state index is 0.156. The van der Waals surface area contributed by atoms with E-state index in [1.807, 2.05) is 12.1 Å². The first-order valence-corrected chi connectivity index (χ1v) is 9.21. The summed E-state index contributed by atoms with van der Waals surface area (Å²) in [5.41, 5.74) is 2.59. The van der Waals surface area contributed by atoms with Crippen molar-refractivity contribution >= 4 is 5.69 Å². The van der Waals surface area contributed by atoms with E-state index in [1.54, 1.807) is 6.26 Å². The van der Waals surface area contributed by atoms with Gasteiger partial charge in [0.05, 0.1) is 12.3 Å². The summed E-state index contributed by atoms with van der Waals surface area (Å²) in [5.74, 6) is 0.899. The van der Waals surface area contributed by atoms with Gasteiger partial charge in [-0.1, -0.05) is 20.8 Å². The van der Waals surface area contributed by atoms with E-state index in [-0.39, 0.29) is 10.8 Å². The van der Waals surface area contributed by atoms with Gasteiger partial charge in [-0.15, -0.1) is 0 Å². The van der Waals surface area contributed by atoms with Crippen LogP contribution in [0.5, 0.6) is 0 Å². The molecule has 25 heavy (non-hydrogen) atoms. The van der Waals surface area contributed by atoms with E-state index in [4.69, 9.17) is 4.42 Å². The molecule has 1 aliphatic rings. The average Bonchev–Trinajstić information content (AvgIpc) is 3.11. The molecule has 1 N–H and O–H groups in total. The van der Waals surface area contributed by atoms with Crippen LogP contribution < -0.4 is 5.32 Å². The fraction of sp³-hybridized carbons (Fsp3) is 0.500. The maximum absolute atomic E-state index is 9.28. The second kappa shape index (κ2) is 6.96. The quantitative estimate of drug-likeness (QED) is 0.718. The zero-order valence-corrected chi connectivity index (χ0v) is 15.5. The Labute approximate surface area is 151 Å². The third kappa shape index (κ3) is 3.74. The van der Waals surface area contributed by atoms with Gasteiger partial charge in [-0.2, -0.15) is 5.26 Å². The summed E-state index contributed by atoms with van der Waals surface area (Å²) in [7, 11) is 0. The highest BCUT2D eigenvalue weighted by atomic mass is 16.3. The van der Waals surface area contributed by atoms with Crippen molar-refractivity contribution < 1.29 is 4.42 Å². The van der Waals surface area contributed by atoms with Crippen LogP contribution in [0.1, 0.15) is 52.9 Å². The van der Waals surface area contributed by atoms with Crippen molar-refractivity contribution in [3.63, 3.8) is 0 Å². The third-order valence-corrected chi connectivity index (χ3v) is 6.01. The van der Waals surface area contributed by atoms with Gasteiger partial charge >= 0.3 is 0 Å².